The van der Waals surface area contributed by atoms with Gasteiger partial charge in [-0.15, -0.1) is 0 Å². The Morgan fingerprint density at radius 2 is 1.95 bits per heavy atom. The van der Waals surface area contributed by atoms with Crippen molar-refractivity contribution in [3.8, 4) is 0 Å². The summed E-state index contributed by atoms with van der Waals surface area (Å²) in [5.74, 6) is 0.720. The van der Waals surface area contributed by atoms with Gasteiger partial charge in [0.05, 0.1) is 11.9 Å². The smallest absolute Gasteiger partial charge is 0.280 e. The molecule has 1 N–H and O–H groups in total. The van der Waals surface area contributed by atoms with Crippen LogP contribution in [0.2, 0.25) is 0 Å². The number of piperidine rings is 1. The maximum absolute atomic E-state index is 11.6. The Morgan fingerprint density at radius 3 is 2.67 bits per heavy atom. The van der Waals surface area contributed by atoms with E-state index in [0.717, 1.165) is 44.0 Å². The van der Waals surface area contributed by atoms with Gasteiger partial charge >= 0.3 is 0 Å². The van der Waals surface area contributed by atoms with Gasteiger partial charge in [0.25, 0.3) is 5.56 Å². The molecular formula is C16H18BrN3O. The molecule has 1 fully saturated rings. The lowest BCUT2D eigenvalue weighted by Crippen LogP contribution is -2.35. The highest BCUT2D eigenvalue weighted by atomic mass is 79.9. The number of nitrogens with zero attached hydrogens (tertiary/aromatic N) is 2. The molecule has 1 aromatic carbocycles. The van der Waals surface area contributed by atoms with Crippen LogP contribution in [0.25, 0.3) is 0 Å². The summed E-state index contributed by atoms with van der Waals surface area (Å²) in [4.78, 5) is 13.8. The van der Waals surface area contributed by atoms with Crippen LogP contribution in [0.4, 0.5) is 5.69 Å². The number of aromatic amines is 1. The first-order chi connectivity index (χ1) is 10.2. The Morgan fingerprint density at radius 1 is 1.24 bits per heavy atom. The molecule has 1 aliphatic rings. The molecule has 0 bridgehead atoms. The van der Waals surface area contributed by atoms with Gasteiger partial charge in [0.15, 0.2) is 0 Å². The minimum Gasteiger partial charge on any atom is -0.369 e. The molecule has 5 heteroatoms. The second-order valence-corrected chi connectivity index (χ2v) is 6.31. The Balaban J connectivity index is 1.63. The van der Waals surface area contributed by atoms with E-state index in [9.17, 15) is 4.79 Å². The quantitative estimate of drug-likeness (QED) is 0.928. The average Bonchev–Trinajstić information content (AvgIpc) is 2.52. The van der Waals surface area contributed by atoms with Crippen LogP contribution < -0.4 is 10.5 Å². The molecular weight excluding hydrogens is 330 g/mol. The summed E-state index contributed by atoms with van der Waals surface area (Å²) in [5, 5.41) is 6.34. The summed E-state index contributed by atoms with van der Waals surface area (Å²) in [7, 11) is 0. The third-order valence-electron chi connectivity index (χ3n) is 4.10. The fourth-order valence-corrected chi connectivity index (χ4v) is 3.36. The van der Waals surface area contributed by atoms with Gasteiger partial charge in [-0.05, 0) is 46.7 Å². The lowest BCUT2D eigenvalue weighted by molar-refractivity contribution is 0.403. The van der Waals surface area contributed by atoms with E-state index >= 15 is 0 Å². The predicted molar refractivity (Wildman–Crippen MR) is 87.6 cm³/mol. The van der Waals surface area contributed by atoms with Gasteiger partial charge in [0.2, 0.25) is 0 Å². The molecule has 1 aromatic heterocycles. The van der Waals surface area contributed by atoms with Crippen LogP contribution in [0.15, 0.2) is 45.8 Å². The Labute approximate surface area is 132 Å². The largest absolute Gasteiger partial charge is 0.369 e. The van der Waals surface area contributed by atoms with Crippen molar-refractivity contribution in [3.05, 3.63) is 56.9 Å². The number of rotatable bonds is 3. The molecule has 2 heterocycles. The van der Waals surface area contributed by atoms with Gasteiger partial charge in [-0.1, -0.05) is 30.3 Å². The number of H-pyrrole nitrogens is 1. The monoisotopic (exact) mass is 347 g/mol. The number of hydrogen-bond donors (Lipinski definition) is 1. The van der Waals surface area contributed by atoms with E-state index in [0.29, 0.717) is 4.47 Å². The average molecular weight is 348 g/mol. The molecule has 110 valence electrons. The number of hydrogen-bond acceptors (Lipinski definition) is 3. The zero-order valence-electron chi connectivity index (χ0n) is 11.8. The molecule has 21 heavy (non-hydrogen) atoms. The van der Waals surface area contributed by atoms with Gasteiger partial charge in [0.1, 0.15) is 4.47 Å². The number of nitrogens with one attached hydrogen (secondary N) is 1. The number of aromatic nitrogens is 2. The van der Waals surface area contributed by atoms with Crippen molar-refractivity contribution in [1.29, 1.82) is 0 Å². The number of halogens is 1. The molecule has 4 nitrogen and oxygen atoms in total. The summed E-state index contributed by atoms with van der Waals surface area (Å²) >= 11 is 3.36. The van der Waals surface area contributed by atoms with Crippen molar-refractivity contribution in [2.45, 2.75) is 19.3 Å². The third-order valence-corrected chi connectivity index (χ3v) is 4.87. The van der Waals surface area contributed by atoms with Crippen molar-refractivity contribution in [1.82, 2.24) is 10.2 Å². The maximum atomic E-state index is 11.6. The van der Waals surface area contributed by atoms with Crippen LogP contribution >= 0.6 is 15.9 Å². The molecule has 3 rings (SSSR count). The minimum atomic E-state index is -0.168. The van der Waals surface area contributed by atoms with E-state index in [4.69, 9.17) is 0 Å². The van der Waals surface area contributed by atoms with Crippen LogP contribution in [0.5, 0.6) is 0 Å². The number of benzene rings is 1. The summed E-state index contributed by atoms with van der Waals surface area (Å²) in [6.45, 7) is 1.95. The summed E-state index contributed by atoms with van der Waals surface area (Å²) in [6.07, 6.45) is 5.16. The molecule has 0 radical (unpaired) electrons. The van der Waals surface area contributed by atoms with Crippen LogP contribution in [-0.2, 0) is 6.42 Å². The van der Waals surface area contributed by atoms with Crippen molar-refractivity contribution < 1.29 is 0 Å². The second kappa shape index (κ2) is 6.43. The molecule has 0 amide bonds. The van der Waals surface area contributed by atoms with Crippen LogP contribution in [-0.4, -0.2) is 23.3 Å². The zero-order valence-corrected chi connectivity index (χ0v) is 13.3. The van der Waals surface area contributed by atoms with E-state index in [1.807, 2.05) is 0 Å². The van der Waals surface area contributed by atoms with E-state index in [1.165, 1.54) is 5.56 Å². The highest BCUT2D eigenvalue weighted by Crippen LogP contribution is 2.28. The van der Waals surface area contributed by atoms with E-state index in [2.05, 4.69) is 61.4 Å². The predicted octanol–water partition coefficient (Wildman–Crippen LogP) is 2.99. The molecule has 0 saturated carbocycles. The first-order valence-corrected chi connectivity index (χ1v) is 8.05. The third kappa shape index (κ3) is 3.35. The lowest BCUT2D eigenvalue weighted by atomic mass is 9.90. The fourth-order valence-electron chi connectivity index (χ4n) is 2.92. The summed E-state index contributed by atoms with van der Waals surface area (Å²) < 4.78 is 0.582. The topological polar surface area (TPSA) is 49.0 Å². The Bertz CT molecular complexity index is 648. The van der Waals surface area contributed by atoms with Gasteiger partial charge in [-0.2, -0.15) is 5.10 Å². The van der Waals surface area contributed by atoms with Crippen molar-refractivity contribution in [3.63, 3.8) is 0 Å². The summed E-state index contributed by atoms with van der Waals surface area (Å²) in [5.41, 5.74) is 2.14. The van der Waals surface area contributed by atoms with Crippen molar-refractivity contribution in [2.75, 3.05) is 18.0 Å². The first-order valence-electron chi connectivity index (χ1n) is 7.26. The highest BCUT2D eigenvalue weighted by Gasteiger charge is 2.21. The Kier molecular flexibility index (Phi) is 4.39. The normalized spacial score (nSPS) is 16.1. The van der Waals surface area contributed by atoms with Gasteiger partial charge in [0, 0.05) is 13.1 Å². The molecule has 0 atom stereocenters. The van der Waals surface area contributed by atoms with Gasteiger partial charge in [-0.3, -0.25) is 4.79 Å². The Hall–Kier alpha value is -1.62. The van der Waals surface area contributed by atoms with Crippen molar-refractivity contribution in [2.24, 2.45) is 5.92 Å². The molecule has 2 aromatic rings. The van der Waals surface area contributed by atoms with Crippen LogP contribution in [0, 0.1) is 5.92 Å². The zero-order chi connectivity index (χ0) is 14.7. The van der Waals surface area contributed by atoms with E-state index in [-0.39, 0.29) is 5.56 Å². The first kappa shape index (κ1) is 14.3. The number of anilines is 1. The highest BCUT2D eigenvalue weighted by molar-refractivity contribution is 9.10. The summed E-state index contributed by atoms with van der Waals surface area (Å²) in [6, 6.07) is 10.7. The lowest BCUT2D eigenvalue weighted by Gasteiger charge is -2.33. The molecule has 0 unspecified atom stereocenters. The molecule has 1 aliphatic heterocycles. The molecule has 1 saturated heterocycles. The minimum absolute atomic E-state index is 0.168. The molecule has 0 aliphatic carbocycles. The van der Waals surface area contributed by atoms with Gasteiger partial charge < -0.3 is 4.90 Å². The fraction of sp³-hybridized carbons (Fsp3) is 0.375. The van der Waals surface area contributed by atoms with Crippen molar-refractivity contribution >= 4 is 21.6 Å². The molecule has 0 spiro atoms. The maximum Gasteiger partial charge on any atom is 0.280 e. The van der Waals surface area contributed by atoms with Crippen LogP contribution in [0.3, 0.4) is 0 Å². The standard InChI is InChI=1S/C16H18BrN3O/c17-15-14(11-18-19-16(15)21)20-8-6-13(7-9-20)10-12-4-2-1-3-5-12/h1-5,11,13H,6-10H2,(H,19,21). The van der Waals surface area contributed by atoms with E-state index < -0.39 is 0 Å². The SMILES string of the molecule is O=c1[nH]ncc(N2CCC(Cc3ccccc3)CC2)c1Br. The van der Waals surface area contributed by atoms with E-state index in [1.54, 1.807) is 6.20 Å². The second-order valence-electron chi connectivity index (χ2n) is 5.52. The van der Waals surface area contributed by atoms with Gasteiger partial charge in [-0.25, -0.2) is 5.10 Å². The van der Waals surface area contributed by atoms with Crippen LogP contribution in [0.1, 0.15) is 18.4 Å².